The Labute approximate surface area is 87.8 Å². The lowest BCUT2D eigenvalue weighted by Crippen LogP contribution is -2.35. The van der Waals surface area contributed by atoms with Gasteiger partial charge in [0.2, 0.25) is 0 Å². The van der Waals surface area contributed by atoms with Crippen LogP contribution in [0.4, 0.5) is 0 Å². The lowest BCUT2D eigenvalue weighted by molar-refractivity contribution is -0.194. The molecule has 4 nitrogen and oxygen atoms in total. The van der Waals surface area contributed by atoms with Gasteiger partial charge in [-0.2, -0.15) is 0 Å². The molecule has 0 spiro atoms. The van der Waals surface area contributed by atoms with E-state index in [-0.39, 0.29) is 19.0 Å². The van der Waals surface area contributed by atoms with Crippen LogP contribution in [0.5, 0.6) is 5.75 Å². The van der Waals surface area contributed by atoms with Gasteiger partial charge in [-0.05, 0) is 12.1 Å². The second-order valence-corrected chi connectivity index (χ2v) is 3.21. The number of ketones is 1. The Balaban J connectivity index is 1.77. The van der Waals surface area contributed by atoms with Crippen LogP contribution < -0.4 is 4.74 Å². The van der Waals surface area contributed by atoms with Crippen LogP contribution in [-0.2, 0) is 14.3 Å². The maximum atomic E-state index is 10.8. The molecular weight excluding hydrogens is 196 g/mol. The molecule has 1 saturated heterocycles. The second-order valence-electron chi connectivity index (χ2n) is 3.21. The molecule has 0 radical (unpaired) electrons. The third-order valence-corrected chi connectivity index (χ3v) is 1.99. The van der Waals surface area contributed by atoms with Gasteiger partial charge in [0.05, 0.1) is 0 Å². The number of carbonyl (C=O) groups is 1. The molecule has 0 unspecified atom stereocenters. The molecule has 0 atom stereocenters. The van der Waals surface area contributed by atoms with Crippen LogP contribution in [0.25, 0.3) is 0 Å². The van der Waals surface area contributed by atoms with E-state index >= 15 is 0 Å². The summed E-state index contributed by atoms with van der Waals surface area (Å²) in [7, 11) is 0. The van der Waals surface area contributed by atoms with Gasteiger partial charge in [-0.1, -0.05) is 18.2 Å². The average Bonchev–Trinajstić information content (AvgIpc) is 2.30. The van der Waals surface area contributed by atoms with Crippen molar-refractivity contribution in [1.29, 1.82) is 0 Å². The Morgan fingerprint density at radius 3 is 2.53 bits per heavy atom. The number of para-hydroxylation sites is 1. The summed E-state index contributed by atoms with van der Waals surface area (Å²) in [6, 6.07) is 9.41. The van der Waals surface area contributed by atoms with Gasteiger partial charge in [0.1, 0.15) is 25.6 Å². The van der Waals surface area contributed by atoms with Gasteiger partial charge in [-0.15, -0.1) is 0 Å². The molecule has 1 aromatic rings. The number of hydrogen-bond donors (Lipinski definition) is 0. The van der Waals surface area contributed by atoms with Gasteiger partial charge in [-0.25, -0.2) is 0 Å². The standard InChI is InChI=1S/C11H12O4/c12-9-6-14-11(15-7-9)8-13-10-4-2-1-3-5-10/h1-5,11H,6-8H2. The maximum absolute atomic E-state index is 10.8. The highest BCUT2D eigenvalue weighted by Crippen LogP contribution is 2.10. The fraction of sp³-hybridized carbons (Fsp3) is 0.364. The van der Waals surface area contributed by atoms with E-state index in [9.17, 15) is 4.79 Å². The van der Waals surface area contributed by atoms with E-state index in [1.165, 1.54) is 0 Å². The number of ether oxygens (including phenoxy) is 3. The topological polar surface area (TPSA) is 44.8 Å². The average molecular weight is 208 g/mol. The Kier molecular flexibility index (Phi) is 3.32. The van der Waals surface area contributed by atoms with Crippen molar-refractivity contribution in [1.82, 2.24) is 0 Å². The summed E-state index contributed by atoms with van der Waals surface area (Å²) in [5, 5.41) is 0. The Morgan fingerprint density at radius 1 is 1.20 bits per heavy atom. The zero-order chi connectivity index (χ0) is 10.5. The molecule has 1 aliphatic heterocycles. The van der Waals surface area contributed by atoms with Crippen LogP contribution in [0.2, 0.25) is 0 Å². The number of hydrogen-bond acceptors (Lipinski definition) is 4. The first-order chi connectivity index (χ1) is 7.34. The summed E-state index contributed by atoms with van der Waals surface area (Å²) in [4.78, 5) is 10.8. The van der Waals surface area contributed by atoms with E-state index in [0.717, 1.165) is 5.75 Å². The SMILES string of the molecule is O=C1COC(COc2ccccc2)OC1. The van der Waals surface area contributed by atoms with Crippen LogP contribution in [0.1, 0.15) is 0 Å². The zero-order valence-corrected chi connectivity index (χ0v) is 8.22. The number of carbonyl (C=O) groups excluding carboxylic acids is 1. The Hall–Kier alpha value is -1.39. The highest BCUT2D eigenvalue weighted by Gasteiger charge is 2.19. The summed E-state index contributed by atoms with van der Waals surface area (Å²) in [5.74, 6) is 0.729. The molecule has 1 aromatic carbocycles. The van der Waals surface area contributed by atoms with E-state index in [2.05, 4.69) is 0 Å². The first-order valence-electron chi connectivity index (χ1n) is 4.77. The van der Waals surface area contributed by atoms with Crippen molar-refractivity contribution >= 4 is 5.78 Å². The van der Waals surface area contributed by atoms with Gasteiger partial charge in [0, 0.05) is 0 Å². The third-order valence-electron chi connectivity index (χ3n) is 1.99. The minimum atomic E-state index is -0.442. The zero-order valence-electron chi connectivity index (χ0n) is 8.22. The molecule has 4 heteroatoms. The van der Waals surface area contributed by atoms with E-state index in [4.69, 9.17) is 14.2 Å². The van der Waals surface area contributed by atoms with Crippen LogP contribution in [0.3, 0.4) is 0 Å². The van der Waals surface area contributed by atoms with Crippen molar-refractivity contribution in [2.24, 2.45) is 0 Å². The molecule has 0 bridgehead atoms. The number of benzene rings is 1. The summed E-state index contributed by atoms with van der Waals surface area (Å²) < 4.78 is 15.6. The minimum absolute atomic E-state index is 0.0361. The van der Waals surface area contributed by atoms with Crippen molar-refractivity contribution < 1.29 is 19.0 Å². The van der Waals surface area contributed by atoms with Crippen molar-refractivity contribution in [3.05, 3.63) is 30.3 Å². The van der Waals surface area contributed by atoms with Crippen LogP contribution in [-0.4, -0.2) is 31.9 Å². The predicted molar refractivity (Wildman–Crippen MR) is 52.6 cm³/mol. The fourth-order valence-electron chi connectivity index (χ4n) is 1.24. The van der Waals surface area contributed by atoms with Crippen LogP contribution in [0.15, 0.2) is 30.3 Å². The normalized spacial score (nSPS) is 17.7. The Bertz CT molecular complexity index is 313. The van der Waals surface area contributed by atoms with E-state index in [1.54, 1.807) is 0 Å². The van der Waals surface area contributed by atoms with Gasteiger partial charge in [0.25, 0.3) is 0 Å². The molecule has 1 aliphatic rings. The molecule has 0 aliphatic carbocycles. The van der Waals surface area contributed by atoms with Crippen LogP contribution in [0, 0.1) is 0 Å². The predicted octanol–water partition coefficient (Wildman–Crippen LogP) is 1.01. The van der Waals surface area contributed by atoms with Crippen molar-refractivity contribution in [2.45, 2.75) is 6.29 Å². The lowest BCUT2D eigenvalue weighted by Gasteiger charge is -2.22. The van der Waals surface area contributed by atoms with Gasteiger partial charge in [0.15, 0.2) is 12.1 Å². The molecule has 80 valence electrons. The smallest absolute Gasteiger partial charge is 0.192 e. The van der Waals surface area contributed by atoms with Crippen LogP contribution >= 0.6 is 0 Å². The quantitative estimate of drug-likeness (QED) is 0.743. The molecule has 0 amide bonds. The number of rotatable bonds is 3. The first-order valence-corrected chi connectivity index (χ1v) is 4.77. The number of Topliss-reactive ketones (excluding diaryl/α,β-unsaturated/α-hetero) is 1. The molecule has 0 N–H and O–H groups in total. The Morgan fingerprint density at radius 2 is 1.87 bits per heavy atom. The van der Waals surface area contributed by atoms with E-state index in [1.807, 2.05) is 30.3 Å². The van der Waals surface area contributed by atoms with Crippen molar-refractivity contribution in [3.63, 3.8) is 0 Å². The first kappa shape index (κ1) is 10.1. The van der Waals surface area contributed by atoms with E-state index in [0.29, 0.717) is 6.61 Å². The molecule has 0 saturated carbocycles. The highest BCUT2D eigenvalue weighted by atomic mass is 16.7. The molecule has 15 heavy (non-hydrogen) atoms. The lowest BCUT2D eigenvalue weighted by atomic mass is 10.3. The summed E-state index contributed by atoms with van der Waals surface area (Å²) in [6.45, 7) is 0.531. The summed E-state index contributed by atoms with van der Waals surface area (Å²) in [5.41, 5.74) is 0. The monoisotopic (exact) mass is 208 g/mol. The molecule has 2 rings (SSSR count). The molecule has 0 aromatic heterocycles. The van der Waals surface area contributed by atoms with Gasteiger partial charge >= 0.3 is 0 Å². The molecule has 1 heterocycles. The summed E-state index contributed by atoms with van der Waals surface area (Å²) >= 11 is 0. The highest BCUT2D eigenvalue weighted by molar-refractivity contribution is 5.81. The van der Waals surface area contributed by atoms with Crippen molar-refractivity contribution in [3.8, 4) is 5.75 Å². The maximum Gasteiger partial charge on any atom is 0.192 e. The van der Waals surface area contributed by atoms with Gasteiger partial charge in [-0.3, -0.25) is 4.79 Å². The molecular formula is C11H12O4. The van der Waals surface area contributed by atoms with E-state index < -0.39 is 6.29 Å². The fourth-order valence-corrected chi connectivity index (χ4v) is 1.24. The van der Waals surface area contributed by atoms with Gasteiger partial charge < -0.3 is 14.2 Å². The summed E-state index contributed by atoms with van der Waals surface area (Å²) in [6.07, 6.45) is -0.442. The second kappa shape index (κ2) is 4.91. The third kappa shape index (κ3) is 3.04. The molecule has 1 fully saturated rings. The minimum Gasteiger partial charge on any atom is -0.488 e. The largest absolute Gasteiger partial charge is 0.488 e. The van der Waals surface area contributed by atoms with Crippen molar-refractivity contribution in [2.75, 3.05) is 19.8 Å².